The average Bonchev–Trinajstić information content (AvgIpc) is 3.03. The maximum atomic E-state index is 13.7. The second-order valence-electron chi connectivity index (χ2n) is 5.95. The fourth-order valence-electron chi connectivity index (χ4n) is 2.99. The number of amides is 1. The van der Waals surface area contributed by atoms with Crippen molar-refractivity contribution in [2.24, 2.45) is 0 Å². The third-order valence-electron chi connectivity index (χ3n) is 4.09. The molecule has 8 nitrogen and oxygen atoms in total. The summed E-state index contributed by atoms with van der Waals surface area (Å²) >= 11 is 0. The van der Waals surface area contributed by atoms with Gasteiger partial charge in [-0.25, -0.2) is 8.78 Å². The Morgan fingerprint density at radius 1 is 1.41 bits per heavy atom. The van der Waals surface area contributed by atoms with Gasteiger partial charge < -0.3 is 19.3 Å². The summed E-state index contributed by atoms with van der Waals surface area (Å²) in [5.41, 5.74) is 0.0553. The Labute approximate surface area is 154 Å². The molecule has 3 rings (SSSR count). The molecule has 0 aliphatic carbocycles. The third-order valence-corrected chi connectivity index (χ3v) is 4.09. The van der Waals surface area contributed by atoms with Crippen LogP contribution in [0.1, 0.15) is 30.2 Å². The van der Waals surface area contributed by atoms with Gasteiger partial charge in [-0.05, 0) is 13.0 Å². The molecule has 1 atom stereocenters. The molecule has 1 aliphatic rings. The summed E-state index contributed by atoms with van der Waals surface area (Å²) in [4.78, 5) is 22.4. The fraction of sp³-hybridized carbons (Fsp3) is 0.412. The molecule has 0 saturated heterocycles. The van der Waals surface area contributed by atoms with E-state index >= 15 is 0 Å². The van der Waals surface area contributed by atoms with Crippen molar-refractivity contribution in [1.29, 1.82) is 0 Å². The molecule has 1 aliphatic heterocycles. The van der Waals surface area contributed by atoms with Gasteiger partial charge in [-0.15, -0.1) is 10.2 Å². The zero-order valence-electron chi connectivity index (χ0n) is 14.9. The molecule has 0 radical (unpaired) electrons. The maximum absolute atomic E-state index is 13.7. The molecule has 10 heteroatoms. The summed E-state index contributed by atoms with van der Waals surface area (Å²) in [6.45, 7) is 2.79. The summed E-state index contributed by atoms with van der Waals surface area (Å²) in [6.07, 6.45) is -0.185. The number of carboxylic acid groups (broad SMARTS) is 1. The largest absolute Gasteiger partial charge is 0.483 e. The Morgan fingerprint density at radius 3 is 2.78 bits per heavy atom. The van der Waals surface area contributed by atoms with Gasteiger partial charge in [0.2, 0.25) is 5.91 Å². The molecular weight excluding hydrogens is 362 g/mol. The number of methoxy groups -OCH3 is 1. The van der Waals surface area contributed by atoms with Gasteiger partial charge in [0.25, 0.3) is 6.47 Å². The molecule has 2 aromatic rings. The van der Waals surface area contributed by atoms with Gasteiger partial charge in [-0.3, -0.25) is 9.59 Å². The summed E-state index contributed by atoms with van der Waals surface area (Å²) in [5, 5.41) is 15.1. The molecule has 2 heterocycles. The molecular formula is C17H20F2N4O4. The predicted octanol–water partition coefficient (Wildman–Crippen LogP) is 1.55. The molecule has 0 unspecified atom stereocenters. The van der Waals surface area contributed by atoms with Crippen LogP contribution in [-0.2, 0) is 33.9 Å². The monoisotopic (exact) mass is 382 g/mol. The molecule has 1 aromatic heterocycles. The van der Waals surface area contributed by atoms with Crippen LogP contribution in [0.5, 0.6) is 0 Å². The van der Waals surface area contributed by atoms with Crippen LogP contribution in [0.2, 0.25) is 0 Å². The highest BCUT2D eigenvalue weighted by Crippen LogP contribution is 2.23. The lowest BCUT2D eigenvalue weighted by atomic mass is 10.1. The van der Waals surface area contributed by atoms with Crippen molar-refractivity contribution < 1.29 is 28.2 Å². The number of aromatic nitrogens is 3. The zero-order valence-corrected chi connectivity index (χ0v) is 14.9. The van der Waals surface area contributed by atoms with E-state index in [1.54, 1.807) is 12.0 Å². The van der Waals surface area contributed by atoms with Crippen LogP contribution in [0.4, 0.5) is 8.78 Å². The van der Waals surface area contributed by atoms with E-state index < -0.39 is 11.6 Å². The standard InChI is InChI=1S/C16H18F2N4O2.CH2O2/c1-10-7-21(8-13-19-20-14(9-24-2)22(10)13)15(23)6-11-4-3-5-12(17)16(11)18;2-1-3/h3-5,10H,6-9H2,1-2H3;1H,(H,2,3)/t10-;/m0./s1. The van der Waals surface area contributed by atoms with Gasteiger partial charge in [0.15, 0.2) is 23.3 Å². The summed E-state index contributed by atoms with van der Waals surface area (Å²) < 4.78 is 34.1. The first-order chi connectivity index (χ1) is 12.9. The van der Waals surface area contributed by atoms with Crippen molar-refractivity contribution in [3.8, 4) is 0 Å². The van der Waals surface area contributed by atoms with Crippen LogP contribution in [0.15, 0.2) is 18.2 Å². The van der Waals surface area contributed by atoms with E-state index in [0.29, 0.717) is 24.8 Å². The Morgan fingerprint density at radius 2 is 2.11 bits per heavy atom. The van der Waals surface area contributed by atoms with Crippen molar-refractivity contribution >= 4 is 12.4 Å². The number of halogens is 2. The zero-order chi connectivity index (χ0) is 20.0. The molecule has 1 aromatic carbocycles. The van der Waals surface area contributed by atoms with Crippen molar-refractivity contribution in [2.45, 2.75) is 32.5 Å². The van der Waals surface area contributed by atoms with Crippen LogP contribution >= 0.6 is 0 Å². The van der Waals surface area contributed by atoms with E-state index in [1.165, 1.54) is 12.1 Å². The highest BCUT2D eigenvalue weighted by Gasteiger charge is 2.29. The minimum absolute atomic E-state index is 0.0183. The molecule has 1 N–H and O–H groups in total. The number of rotatable bonds is 4. The Hall–Kier alpha value is -2.88. The molecule has 0 bridgehead atoms. The van der Waals surface area contributed by atoms with Crippen molar-refractivity contribution in [2.75, 3.05) is 13.7 Å². The van der Waals surface area contributed by atoms with Gasteiger partial charge >= 0.3 is 0 Å². The first-order valence-corrected chi connectivity index (χ1v) is 8.13. The van der Waals surface area contributed by atoms with Gasteiger partial charge in [-0.1, -0.05) is 12.1 Å². The van der Waals surface area contributed by atoms with E-state index in [-0.39, 0.29) is 37.0 Å². The summed E-state index contributed by atoms with van der Waals surface area (Å²) in [5.74, 6) is -0.816. The van der Waals surface area contributed by atoms with E-state index in [0.717, 1.165) is 6.07 Å². The van der Waals surface area contributed by atoms with E-state index in [1.807, 2.05) is 11.5 Å². The lowest BCUT2D eigenvalue weighted by Crippen LogP contribution is -2.41. The fourth-order valence-corrected chi connectivity index (χ4v) is 2.99. The molecule has 0 saturated carbocycles. The second-order valence-corrected chi connectivity index (χ2v) is 5.95. The van der Waals surface area contributed by atoms with Crippen LogP contribution in [-0.4, -0.2) is 50.8 Å². The minimum atomic E-state index is -0.971. The van der Waals surface area contributed by atoms with E-state index in [2.05, 4.69) is 10.2 Å². The second kappa shape index (κ2) is 9.17. The van der Waals surface area contributed by atoms with Crippen molar-refractivity contribution in [3.63, 3.8) is 0 Å². The summed E-state index contributed by atoms with van der Waals surface area (Å²) in [7, 11) is 1.58. The first-order valence-electron chi connectivity index (χ1n) is 8.13. The average molecular weight is 382 g/mol. The maximum Gasteiger partial charge on any atom is 0.290 e. The molecule has 146 valence electrons. The summed E-state index contributed by atoms with van der Waals surface area (Å²) in [6, 6.07) is 3.83. The van der Waals surface area contributed by atoms with Crippen LogP contribution < -0.4 is 0 Å². The quantitative estimate of drug-likeness (QED) is 0.806. The van der Waals surface area contributed by atoms with Crippen molar-refractivity contribution in [3.05, 3.63) is 47.0 Å². The lowest BCUT2D eigenvalue weighted by molar-refractivity contribution is -0.132. The van der Waals surface area contributed by atoms with Crippen LogP contribution in [0.25, 0.3) is 0 Å². The molecule has 0 spiro atoms. The Bertz CT molecular complexity index is 812. The predicted molar refractivity (Wildman–Crippen MR) is 89.6 cm³/mol. The number of benzene rings is 1. The smallest absolute Gasteiger partial charge is 0.290 e. The number of carbonyl (C=O) groups is 2. The van der Waals surface area contributed by atoms with Gasteiger partial charge in [0, 0.05) is 19.2 Å². The lowest BCUT2D eigenvalue weighted by Gasteiger charge is -2.32. The number of hydrogen-bond donors (Lipinski definition) is 1. The van der Waals surface area contributed by atoms with Crippen molar-refractivity contribution in [1.82, 2.24) is 19.7 Å². The van der Waals surface area contributed by atoms with Gasteiger partial charge in [0.05, 0.1) is 19.0 Å². The van der Waals surface area contributed by atoms with Gasteiger partial charge in [-0.2, -0.15) is 0 Å². The number of nitrogens with zero attached hydrogens (tertiary/aromatic N) is 4. The number of hydrogen-bond acceptors (Lipinski definition) is 5. The van der Waals surface area contributed by atoms with E-state index in [9.17, 15) is 13.6 Å². The molecule has 0 fully saturated rings. The first kappa shape index (κ1) is 20.4. The number of fused-ring (bicyclic) bond motifs is 1. The third kappa shape index (κ3) is 4.64. The highest BCUT2D eigenvalue weighted by molar-refractivity contribution is 5.79. The SMILES string of the molecule is COCc1nnc2n1[C@@H](C)CN(C(=O)Cc1cccc(F)c1F)C2.O=CO. The van der Waals surface area contributed by atoms with Crippen LogP contribution in [0, 0.1) is 11.6 Å². The Kier molecular flexibility index (Phi) is 6.94. The Balaban J connectivity index is 0.000000817. The highest BCUT2D eigenvalue weighted by atomic mass is 19.2. The molecule has 27 heavy (non-hydrogen) atoms. The normalized spacial score (nSPS) is 15.6. The van der Waals surface area contributed by atoms with E-state index in [4.69, 9.17) is 14.6 Å². The van der Waals surface area contributed by atoms with Gasteiger partial charge in [0.1, 0.15) is 6.61 Å². The minimum Gasteiger partial charge on any atom is -0.483 e. The topological polar surface area (TPSA) is 97.6 Å². The molecule has 1 amide bonds. The number of carbonyl (C=O) groups excluding carboxylic acids is 1. The van der Waals surface area contributed by atoms with Crippen LogP contribution in [0.3, 0.4) is 0 Å². The number of ether oxygens (including phenoxy) is 1.